The van der Waals surface area contributed by atoms with Crippen molar-refractivity contribution in [2.45, 2.75) is 18.3 Å². The van der Waals surface area contributed by atoms with E-state index >= 15 is 0 Å². The summed E-state index contributed by atoms with van der Waals surface area (Å²) in [4.78, 5) is 0. The van der Waals surface area contributed by atoms with Gasteiger partial charge in [-0.15, -0.1) is 0 Å². The number of rotatable bonds is 1. The van der Waals surface area contributed by atoms with E-state index in [1.807, 2.05) is 0 Å². The first-order valence-corrected chi connectivity index (χ1v) is 4.44. The van der Waals surface area contributed by atoms with Gasteiger partial charge in [0.15, 0.2) is 0 Å². The fourth-order valence-corrected chi connectivity index (χ4v) is 1.58. The molecule has 0 fully saturated rings. The normalized spacial score (nSPS) is 7.83. The van der Waals surface area contributed by atoms with Crippen LogP contribution >= 0.6 is 0 Å². The van der Waals surface area contributed by atoms with E-state index in [0.29, 0.717) is 0 Å². The monoisotopic (exact) mass is 190 g/mol. The van der Waals surface area contributed by atoms with Crippen LogP contribution in [0.4, 0.5) is 0 Å². The van der Waals surface area contributed by atoms with Crippen LogP contribution in [0.5, 0.6) is 0 Å². The standard InChI is InChI=1S/C5H9.Sn.H/c1-4-5(2)3;;/h4H,1H2,2-3H3;;. The van der Waals surface area contributed by atoms with Crippen molar-refractivity contribution in [3.8, 4) is 0 Å². The van der Waals surface area contributed by atoms with E-state index in [4.69, 9.17) is 0 Å². The van der Waals surface area contributed by atoms with Crippen molar-refractivity contribution in [2.24, 2.45) is 0 Å². The van der Waals surface area contributed by atoms with Crippen molar-refractivity contribution in [1.29, 1.82) is 0 Å². The molecule has 0 aromatic heterocycles. The van der Waals surface area contributed by atoms with E-state index in [1.54, 1.807) is 0 Å². The Hall–Kier alpha value is 0.539. The van der Waals surface area contributed by atoms with Gasteiger partial charge in [-0.25, -0.2) is 0 Å². The summed E-state index contributed by atoms with van der Waals surface area (Å²) < 4.78 is 1.30. The molecule has 0 spiro atoms. The van der Waals surface area contributed by atoms with Gasteiger partial charge in [-0.1, -0.05) is 0 Å². The number of hydrogen-bond acceptors (Lipinski definition) is 0. The van der Waals surface area contributed by atoms with Crippen molar-refractivity contribution < 1.29 is 0 Å². The SMILES string of the molecule is CC(C)=C[CH2][SnH]. The van der Waals surface area contributed by atoms with Gasteiger partial charge in [-0.3, -0.25) is 0 Å². The fraction of sp³-hybridized carbons (Fsp3) is 0.600. The van der Waals surface area contributed by atoms with Crippen LogP contribution in [0.15, 0.2) is 11.6 Å². The van der Waals surface area contributed by atoms with Crippen LogP contribution in [0, 0.1) is 0 Å². The molecule has 0 atom stereocenters. The molecule has 0 rings (SSSR count). The second kappa shape index (κ2) is 3.72. The summed E-state index contributed by atoms with van der Waals surface area (Å²) in [6.45, 7) is 4.27. The summed E-state index contributed by atoms with van der Waals surface area (Å²) in [6.07, 6.45) is 2.27. The Morgan fingerprint density at radius 3 is 2.17 bits per heavy atom. The zero-order valence-corrected chi connectivity index (χ0v) is 7.66. The fourth-order valence-electron chi connectivity index (χ4n) is 0.236. The summed E-state index contributed by atoms with van der Waals surface area (Å²) >= 11 is 1.36. The van der Waals surface area contributed by atoms with E-state index in [-0.39, 0.29) is 0 Å². The minimum absolute atomic E-state index is 1.30. The van der Waals surface area contributed by atoms with Gasteiger partial charge in [0.25, 0.3) is 0 Å². The molecule has 0 unspecified atom stereocenters. The first kappa shape index (κ1) is 6.54. The number of allylic oxidation sites excluding steroid dienone is 2. The molecule has 0 aliphatic rings. The van der Waals surface area contributed by atoms with E-state index in [1.165, 1.54) is 32.5 Å². The summed E-state index contributed by atoms with van der Waals surface area (Å²) in [5, 5.41) is 0. The summed E-state index contributed by atoms with van der Waals surface area (Å²) in [6, 6.07) is 0. The Labute approximate surface area is 52.7 Å². The van der Waals surface area contributed by atoms with Crippen LogP contribution in [-0.4, -0.2) is 22.5 Å². The van der Waals surface area contributed by atoms with Gasteiger partial charge in [0.2, 0.25) is 0 Å². The van der Waals surface area contributed by atoms with E-state index in [9.17, 15) is 0 Å². The van der Waals surface area contributed by atoms with Crippen LogP contribution < -0.4 is 0 Å². The van der Waals surface area contributed by atoms with Crippen LogP contribution in [0.3, 0.4) is 0 Å². The zero-order chi connectivity index (χ0) is 4.99. The molecule has 6 heavy (non-hydrogen) atoms. The Morgan fingerprint density at radius 2 is 2.17 bits per heavy atom. The second-order valence-corrected chi connectivity index (χ2v) is 2.86. The molecule has 0 N–H and O–H groups in total. The Kier molecular flexibility index (Phi) is 4.05. The van der Waals surface area contributed by atoms with Crippen LogP contribution in [0.1, 0.15) is 13.8 Å². The van der Waals surface area contributed by atoms with Gasteiger partial charge < -0.3 is 0 Å². The van der Waals surface area contributed by atoms with Crippen LogP contribution in [0.2, 0.25) is 4.44 Å². The summed E-state index contributed by atoms with van der Waals surface area (Å²) in [5.41, 5.74) is 1.45. The molecule has 0 saturated carbocycles. The van der Waals surface area contributed by atoms with Gasteiger partial charge in [0, 0.05) is 0 Å². The first-order chi connectivity index (χ1) is 2.77. The Bertz CT molecular complexity index is 51.0. The predicted octanol–water partition coefficient (Wildman–Crippen LogP) is 1.27. The van der Waals surface area contributed by atoms with Gasteiger partial charge in [-0.05, 0) is 0 Å². The maximum absolute atomic E-state index is 2.27. The van der Waals surface area contributed by atoms with Crippen molar-refractivity contribution in [3.63, 3.8) is 0 Å². The predicted molar refractivity (Wildman–Crippen MR) is 31.4 cm³/mol. The molecule has 0 amide bonds. The van der Waals surface area contributed by atoms with Crippen LogP contribution in [-0.2, 0) is 0 Å². The van der Waals surface area contributed by atoms with Crippen molar-refractivity contribution in [2.75, 3.05) is 0 Å². The average Bonchev–Trinajstić information content (AvgIpc) is 1.35. The van der Waals surface area contributed by atoms with Crippen molar-refractivity contribution >= 4 is 22.5 Å². The molecule has 0 heterocycles. The maximum atomic E-state index is 2.27. The summed E-state index contributed by atoms with van der Waals surface area (Å²) in [7, 11) is 0. The molecule has 0 aliphatic carbocycles. The molecule has 34 valence electrons. The molecular weight excluding hydrogens is 179 g/mol. The zero-order valence-electron chi connectivity index (χ0n) is 4.36. The van der Waals surface area contributed by atoms with Crippen molar-refractivity contribution in [1.82, 2.24) is 0 Å². The van der Waals surface area contributed by atoms with Crippen LogP contribution in [0.25, 0.3) is 0 Å². The summed E-state index contributed by atoms with van der Waals surface area (Å²) in [5.74, 6) is 0. The number of hydrogen-bond donors (Lipinski definition) is 0. The molecular formula is C5H10Sn. The Balaban J connectivity index is 3.14. The Morgan fingerprint density at radius 1 is 1.67 bits per heavy atom. The van der Waals surface area contributed by atoms with Gasteiger partial charge >= 0.3 is 52.5 Å². The third-order valence-corrected chi connectivity index (χ3v) is 1.20. The van der Waals surface area contributed by atoms with Gasteiger partial charge in [0.05, 0.1) is 0 Å². The molecule has 0 saturated heterocycles. The minimum atomic E-state index is 1.30. The molecule has 0 aromatic rings. The average molecular weight is 189 g/mol. The van der Waals surface area contributed by atoms with Gasteiger partial charge in [0.1, 0.15) is 0 Å². The third kappa shape index (κ3) is 4.54. The third-order valence-electron chi connectivity index (χ3n) is 0.526. The molecule has 0 aromatic carbocycles. The topological polar surface area (TPSA) is 0 Å². The van der Waals surface area contributed by atoms with Crippen molar-refractivity contribution in [3.05, 3.63) is 11.6 Å². The molecule has 0 aliphatic heterocycles. The molecule has 2 radical (unpaired) electrons. The molecule has 1 heteroatoms. The van der Waals surface area contributed by atoms with E-state index in [0.717, 1.165) is 0 Å². The molecule has 0 nitrogen and oxygen atoms in total. The second-order valence-electron chi connectivity index (χ2n) is 1.52. The molecule has 0 bridgehead atoms. The van der Waals surface area contributed by atoms with E-state index < -0.39 is 0 Å². The van der Waals surface area contributed by atoms with E-state index in [2.05, 4.69) is 19.9 Å². The van der Waals surface area contributed by atoms with Gasteiger partial charge in [-0.2, -0.15) is 0 Å². The quantitative estimate of drug-likeness (QED) is 0.430. The first-order valence-electron chi connectivity index (χ1n) is 2.11.